The molecule has 0 aliphatic carbocycles. The number of urea groups is 1. The first kappa shape index (κ1) is 14.7. The van der Waals surface area contributed by atoms with Crippen molar-refractivity contribution < 1.29 is 14.7 Å². The van der Waals surface area contributed by atoms with E-state index in [1.165, 1.54) is 4.90 Å². The van der Waals surface area contributed by atoms with E-state index in [1.807, 2.05) is 20.8 Å². The zero-order chi connectivity index (χ0) is 12.7. The van der Waals surface area contributed by atoms with Gasteiger partial charge in [0, 0.05) is 19.6 Å². The molecule has 0 saturated carbocycles. The van der Waals surface area contributed by atoms with Gasteiger partial charge in [-0.25, -0.2) is 4.79 Å². The molecule has 0 heterocycles. The van der Waals surface area contributed by atoms with Crippen molar-refractivity contribution in [2.75, 3.05) is 13.6 Å². The lowest BCUT2D eigenvalue weighted by Crippen LogP contribution is -2.45. The smallest absolute Gasteiger partial charge is 0.317 e. The van der Waals surface area contributed by atoms with Crippen LogP contribution in [0.25, 0.3) is 0 Å². The topological polar surface area (TPSA) is 69.6 Å². The lowest BCUT2D eigenvalue weighted by Gasteiger charge is -2.24. The van der Waals surface area contributed by atoms with Crippen LogP contribution in [-0.2, 0) is 4.79 Å². The molecule has 0 aromatic rings. The highest BCUT2D eigenvalue weighted by molar-refractivity contribution is 5.75. The van der Waals surface area contributed by atoms with Gasteiger partial charge in [-0.05, 0) is 12.3 Å². The van der Waals surface area contributed by atoms with Gasteiger partial charge in [-0.2, -0.15) is 0 Å². The molecule has 0 aromatic heterocycles. The minimum atomic E-state index is -0.893. The predicted octanol–water partition coefficient (Wildman–Crippen LogP) is 1.54. The van der Waals surface area contributed by atoms with E-state index in [9.17, 15) is 9.59 Å². The van der Waals surface area contributed by atoms with Crippen LogP contribution >= 0.6 is 0 Å². The zero-order valence-corrected chi connectivity index (χ0v) is 10.5. The van der Waals surface area contributed by atoms with Gasteiger partial charge in [-0.15, -0.1) is 0 Å². The fourth-order valence-electron chi connectivity index (χ4n) is 1.37. The van der Waals surface area contributed by atoms with Gasteiger partial charge in [0.1, 0.15) is 0 Å². The molecule has 1 unspecified atom stereocenters. The molecular weight excluding hydrogens is 208 g/mol. The summed E-state index contributed by atoms with van der Waals surface area (Å²) in [5.74, 6) is -0.516. The summed E-state index contributed by atoms with van der Waals surface area (Å²) in [5, 5.41) is 11.4. The number of carbonyl (C=O) groups excluding carboxylic acids is 1. The fourth-order valence-corrected chi connectivity index (χ4v) is 1.37. The highest BCUT2D eigenvalue weighted by Gasteiger charge is 2.16. The van der Waals surface area contributed by atoms with Gasteiger partial charge in [0.15, 0.2) is 0 Å². The summed E-state index contributed by atoms with van der Waals surface area (Å²) in [7, 11) is 1.60. The first-order chi connectivity index (χ1) is 7.38. The average Bonchev–Trinajstić information content (AvgIpc) is 2.21. The summed E-state index contributed by atoms with van der Waals surface area (Å²) >= 11 is 0. The highest BCUT2D eigenvalue weighted by atomic mass is 16.4. The molecule has 5 nitrogen and oxygen atoms in total. The Hall–Kier alpha value is -1.26. The van der Waals surface area contributed by atoms with E-state index in [4.69, 9.17) is 5.11 Å². The molecule has 0 aliphatic heterocycles. The summed E-state index contributed by atoms with van der Waals surface area (Å²) in [6, 6.07) is -0.0680. The third-order valence-electron chi connectivity index (χ3n) is 2.56. The number of aliphatic carboxylic acids is 1. The summed E-state index contributed by atoms with van der Waals surface area (Å²) in [6.07, 6.45) is 0.846. The van der Waals surface area contributed by atoms with E-state index in [1.54, 1.807) is 7.05 Å². The largest absolute Gasteiger partial charge is 0.481 e. The van der Waals surface area contributed by atoms with E-state index in [0.29, 0.717) is 5.92 Å². The minimum Gasteiger partial charge on any atom is -0.481 e. The van der Waals surface area contributed by atoms with Gasteiger partial charge >= 0.3 is 12.0 Å². The molecule has 1 atom stereocenters. The Kier molecular flexibility index (Phi) is 6.53. The summed E-state index contributed by atoms with van der Waals surface area (Å²) in [6.45, 7) is 6.34. The number of rotatable bonds is 6. The monoisotopic (exact) mass is 230 g/mol. The standard InChI is InChI=1S/C11H22N2O3/c1-5-9(8(2)3)12-11(16)13(4)7-6-10(14)15/h8-9H,5-7H2,1-4H3,(H,12,16)(H,14,15). The molecule has 0 fully saturated rings. The maximum absolute atomic E-state index is 11.7. The Morgan fingerprint density at radius 1 is 1.38 bits per heavy atom. The van der Waals surface area contributed by atoms with Crippen LogP contribution in [0.4, 0.5) is 4.79 Å². The Bertz CT molecular complexity index is 241. The van der Waals surface area contributed by atoms with Crippen molar-refractivity contribution in [1.82, 2.24) is 10.2 Å². The molecule has 16 heavy (non-hydrogen) atoms. The molecule has 0 rings (SSSR count). The third kappa shape index (κ3) is 5.58. The number of hydrogen-bond donors (Lipinski definition) is 2. The maximum atomic E-state index is 11.7. The lowest BCUT2D eigenvalue weighted by molar-refractivity contribution is -0.137. The van der Waals surface area contributed by atoms with Crippen molar-refractivity contribution in [2.45, 2.75) is 39.7 Å². The van der Waals surface area contributed by atoms with Crippen LogP contribution in [0.1, 0.15) is 33.6 Å². The third-order valence-corrected chi connectivity index (χ3v) is 2.56. The first-order valence-corrected chi connectivity index (χ1v) is 5.61. The van der Waals surface area contributed by atoms with Crippen molar-refractivity contribution >= 4 is 12.0 Å². The molecule has 94 valence electrons. The molecule has 2 N–H and O–H groups in total. The molecule has 5 heteroatoms. The molecule has 0 spiro atoms. The Morgan fingerprint density at radius 3 is 2.31 bits per heavy atom. The van der Waals surface area contributed by atoms with Gasteiger partial charge in [-0.3, -0.25) is 4.79 Å². The van der Waals surface area contributed by atoms with Crippen LogP contribution in [-0.4, -0.2) is 41.6 Å². The van der Waals surface area contributed by atoms with Crippen LogP contribution in [0.3, 0.4) is 0 Å². The second-order valence-corrected chi connectivity index (χ2v) is 4.27. The number of nitrogens with zero attached hydrogens (tertiary/aromatic N) is 1. The second-order valence-electron chi connectivity index (χ2n) is 4.27. The average molecular weight is 230 g/mol. The molecule has 0 aromatic carbocycles. The Morgan fingerprint density at radius 2 is 1.94 bits per heavy atom. The van der Waals surface area contributed by atoms with E-state index < -0.39 is 5.97 Å². The number of amides is 2. The van der Waals surface area contributed by atoms with Gasteiger partial charge in [-0.1, -0.05) is 20.8 Å². The van der Waals surface area contributed by atoms with Gasteiger partial charge in [0.25, 0.3) is 0 Å². The van der Waals surface area contributed by atoms with Crippen molar-refractivity contribution in [2.24, 2.45) is 5.92 Å². The van der Waals surface area contributed by atoms with Crippen molar-refractivity contribution in [3.05, 3.63) is 0 Å². The van der Waals surface area contributed by atoms with Gasteiger partial charge < -0.3 is 15.3 Å². The van der Waals surface area contributed by atoms with Crippen LogP contribution in [0.2, 0.25) is 0 Å². The Balaban J connectivity index is 4.08. The van der Waals surface area contributed by atoms with Gasteiger partial charge in [0.05, 0.1) is 6.42 Å². The lowest BCUT2D eigenvalue weighted by atomic mass is 10.0. The summed E-state index contributed by atoms with van der Waals surface area (Å²) < 4.78 is 0. The second kappa shape index (κ2) is 7.09. The van der Waals surface area contributed by atoms with Crippen LogP contribution in [0.5, 0.6) is 0 Å². The SMILES string of the molecule is CCC(NC(=O)N(C)CCC(=O)O)C(C)C. The van der Waals surface area contributed by atoms with Crippen LogP contribution in [0, 0.1) is 5.92 Å². The Labute approximate surface area is 96.8 Å². The van der Waals surface area contributed by atoms with Crippen molar-refractivity contribution in [1.29, 1.82) is 0 Å². The summed E-state index contributed by atoms with van der Waals surface area (Å²) in [4.78, 5) is 23.4. The van der Waals surface area contributed by atoms with Gasteiger partial charge in [0.2, 0.25) is 0 Å². The molecule has 0 bridgehead atoms. The number of hydrogen-bond acceptors (Lipinski definition) is 2. The van der Waals surface area contributed by atoms with Crippen molar-refractivity contribution in [3.8, 4) is 0 Å². The predicted molar refractivity (Wildman–Crippen MR) is 62.3 cm³/mol. The van der Waals surface area contributed by atoms with Crippen LogP contribution < -0.4 is 5.32 Å². The first-order valence-electron chi connectivity index (χ1n) is 5.61. The highest BCUT2D eigenvalue weighted by Crippen LogP contribution is 2.05. The molecule has 0 radical (unpaired) electrons. The zero-order valence-electron chi connectivity index (χ0n) is 10.5. The number of carboxylic acids is 1. The summed E-state index contributed by atoms with van der Waals surface area (Å²) in [5.41, 5.74) is 0. The maximum Gasteiger partial charge on any atom is 0.317 e. The van der Waals surface area contributed by atoms with Crippen LogP contribution in [0.15, 0.2) is 0 Å². The quantitative estimate of drug-likeness (QED) is 0.727. The molecule has 2 amide bonds. The van der Waals surface area contributed by atoms with Crippen molar-refractivity contribution in [3.63, 3.8) is 0 Å². The van der Waals surface area contributed by atoms with E-state index in [0.717, 1.165) is 6.42 Å². The number of carbonyl (C=O) groups is 2. The number of nitrogens with one attached hydrogen (secondary N) is 1. The normalized spacial score (nSPS) is 12.3. The fraction of sp³-hybridized carbons (Fsp3) is 0.818. The van der Waals surface area contributed by atoms with E-state index in [2.05, 4.69) is 5.32 Å². The molecular formula is C11H22N2O3. The van der Waals surface area contributed by atoms with E-state index >= 15 is 0 Å². The molecule has 0 saturated heterocycles. The number of carboxylic acid groups (broad SMARTS) is 1. The molecule has 0 aliphatic rings. The minimum absolute atomic E-state index is 0.0254. The van der Waals surface area contributed by atoms with E-state index in [-0.39, 0.29) is 25.0 Å².